The molecule has 1 unspecified atom stereocenters. The molecule has 0 fully saturated rings. The molecule has 1 rings (SSSR count). The van der Waals surface area contributed by atoms with Gasteiger partial charge in [0, 0.05) is 12.6 Å². The number of carbonyl (C=O) groups is 1. The number of hydrogen-bond acceptors (Lipinski definition) is 4. The Labute approximate surface area is 113 Å². The fourth-order valence-corrected chi connectivity index (χ4v) is 1.76. The van der Waals surface area contributed by atoms with Gasteiger partial charge in [-0.25, -0.2) is 0 Å². The Hall–Kier alpha value is -1.75. The van der Waals surface area contributed by atoms with Crippen LogP contribution in [0.1, 0.15) is 30.1 Å². The molecule has 0 radical (unpaired) electrons. The van der Waals surface area contributed by atoms with Crippen molar-refractivity contribution in [2.75, 3.05) is 20.8 Å². The number of hydrogen-bond donors (Lipinski definition) is 2. The number of aliphatic hydroxyl groups is 1. The fourth-order valence-electron chi connectivity index (χ4n) is 1.76. The van der Waals surface area contributed by atoms with Crippen LogP contribution in [0.25, 0.3) is 0 Å². The van der Waals surface area contributed by atoms with Gasteiger partial charge in [0.1, 0.15) is 11.5 Å². The monoisotopic (exact) mass is 267 g/mol. The third-order valence-electron chi connectivity index (χ3n) is 2.82. The summed E-state index contributed by atoms with van der Waals surface area (Å²) in [5.41, 5.74) is 0.442. The predicted octanol–water partition coefficient (Wildman–Crippen LogP) is 1.59. The summed E-state index contributed by atoms with van der Waals surface area (Å²) in [7, 11) is 3.07. The average Bonchev–Trinajstić information content (AvgIpc) is 2.44. The van der Waals surface area contributed by atoms with Gasteiger partial charge >= 0.3 is 0 Å². The fraction of sp³-hybridized carbons (Fsp3) is 0.500. The van der Waals surface area contributed by atoms with Crippen molar-refractivity contribution in [3.05, 3.63) is 23.8 Å². The van der Waals surface area contributed by atoms with Crippen LogP contribution in [0.4, 0.5) is 0 Å². The Morgan fingerprint density at radius 1 is 1.37 bits per heavy atom. The standard InChI is InChI=1S/C14H21NO4/c1-10(5-4-8-16)15-14(17)12-9-11(18-2)6-7-13(12)19-3/h6-7,9-10,16H,4-5,8H2,1-3H3,(H,15,17). The van der Waals surface area contributed by atoms with Gasteiger partial charge in [0.05, 0.1) is 19.8 Å². The number of benzene rings is 1. The van der Waals surface area contributed by atoms with Gasteiger partial charge < -0.3 is 19.9 Å². The van der Waals surface area contributed by atoms with Crippen LogP contribution >= 0.6 is 0 Å². The molecule has 0 heterocycles. The van der Waals surface area contributed by atoms with Gasteiger partial charge in [0.15, 0.2) is 0 Å². The summed E-state index contributed by atoms with van der Waals surface area (Å²) in [6.07, 6.45) is 1.39. The zero-order chi connectivity index (χ0) is 14.3. The highest BCUT2D eigenvalue weighted by Crippen LogP contribution is 2.23. The van der Waals surface area contributed by atoms with Gasteiger partial charge in [-0.05, 0) is 38.0 Å². The molecule has 0 aliphatic carbocycles. The Morgan fingerprint density at radius 3 is 2.68 bits per heavy atom. The zero-order valence-electron chi connectivity index (χ0n) is 11.6. The molecule has 1 aromatic carbocycles. The van der Waals surface area contributed by atoms with Crippen molar-refractivity contribution in [1.29, 1.82) is 0 Å². The van der Waals surface area contributed by atoms with Gasteiger partial charge in [0.25, 0.3) is 5.91 Å². The normalized spacial score (nSPS) is 11.8. The summed E-state index contributed by atoms with van der Waals surface area (Å²) in [4.78, 5) is 12.2. The number of amides is 1. The molecule has 0 aliphatic rings. The molecule has 106 valence electrons. The lowest BCUT2D eigenvalue weighted by Gasteiger charge is -2.15. The highest BCUT2D eigenvalue weighted by molar-refractivity contribution is 5.97. The summed E-state index contributed by atoms with van der Waals surface area (Å²) >= 11 is 0. The Morgan fingerprint density at radius 2 is 2.11 bits per heavy atom. The van der Waals surface area contributed by atoms with Crippen LogP contribution in [0.3, 0.4) is 0 Å². The summed E-state index contributed by atoms with van der Waals surface area (Å²) in [6, 6.07) is 5.08. The van der Waals surface area contributed by atoms with E-state index >= 15 is 0 Å². The van der Waals surface area contributed by atoms with Crippen molar-refractivity contribution in [1.82, 2.24) is 5.32 Å². The first kappa shape index (κ1) is 15.3. The third-order valence-corrected chi connectivity index (χ3v) is 2.82. The van der Waals surface area contributed by atoms with E-state index in [1.807, 2.05) is 6.92 Å². The van der Waals surface area contributed by atoms with E-state index in [1.54, 1.807) is 25.3 Å². The van der Waals surface area contributed by atoms with E-state index in [9.17, 15) is 4.79 Å². The summed E-state index contributed by atoms with van der Waals surface area (Å²) in [6.45, 7) is 2.03. The second-order valence-electron chi connectivity index (χ2n) is 4.31. The molecule has 5 heteroatoms. The zero-order valence-corrected chi connectivity index (χ0v) is 11.6. The summed E-state index contributed by atoms with van der Waals surface area (Å²) in [5, 5.41) is 11.6. The first-order valence-electron chi connectivity index (χ1n) is 6.26. The van der Waals surface area contributed by atoms with Crippen LogP contribution in [0.15, 0.2) is 18.2 Å². The second kappa shape index (κ2) is 7.63. The Bertz CT molecular complexity index is 420. The maximum absolute atomic E-state index is 12.2. The van der Waals surface area contributed by atoms with Crippen LogP contribution in [-0.4, -0.2) is 37.9 Å². The number of carbonyl (C=O) groups excluding carboxylic acids is 1. The molecule has 0 spiro atoms. The van der Waals surface area contributed by atoms with Crippen molar-refractivity contribution in [2.24, 2.45) is 0 Å². The molecular formula is C14H21NO4. The molecule has 0 bridgehead atoms. The van der Waals surface area contributed by atoms with Crippen LogP contribution in [-0.2, 0) is 0 Å². The third kappa shape index (κ3) is 4.44. The maximum atomic E-state index is 12.2. The minimum atomic E-state index is -0.207. The molecule has 0 saturated heterocycles. The smallest absolute Gasteiger partial charge is 0.255 e. The average molecular weight is 267 g/mol. The van der Waals surface area contributed by atoms with Gasteiger partial charge in [-0.3, -0.25) is 4.79 Å². The second-order valence-corrected chi connectivity index (χ2v) is 4.31. The van der Waals surface area contributed by atoms with E-state index in [4.69, 9.17) is 14.6 Å². The Balaban J connectivity index is 2.79. The van der Waals surface area contributed by atoms with Crippen molar-refractivity contribution in [3.8, 4) is 11.5 Å². The lowest BCUT2D eigenvalue weighted by molar-refractivity contribution is 0.0933. The van der Waals surface area contributed by atoms with Gasteiger partial charge in [-0.15, -0.1) is 0 Å². The lowest BCUT2D eigenvalue weighted by atomic mass is 10.1. The maximum Gasteiger partial charge on any atom is 0.255 e. The van der Waals surface area contributed by atoms with Crippen LogP contribution in [0.5, 0.6) is 11.5 Å². The SMILES string of the molecule is COc1ccc(OC)c(C(=O)NC(C)CCCO)c1. The topological polar surface area (TPSA) is 67.8 Å². The van der Waals surface area contributed by atoms with Crippen molar-refractivity contribution in [3.63, 3.8) is 0 Å². The Kier molecular flexibility index (Phi) is 6.15. The van der Waals surface area contributed by atoms with Gasteiger partial charge in [0.2, 0.25) is 0 Å². The summed E-state index contributed by atoms with van der Waals surface area (Å²) in [5.74, 6) is 0.905. The predicted molar refractivity (Wildman–Crippen MR) is 72.8 cm³/mol. The molecule has 5 nitrogen and oxygen atoms in total. The van der Waals surface area contributed by atoms with Crippen LogP contribution < -0.4 is 14.8 Å². The highest BCUT2D eigenvalue weighted by atomic mass is 16.5. The number of ether oxygens (including phenoxy) is 2. The highest BCUT2D eigenvalue weighted by Gasteiger charge is 2.15. The van der Waals surface area contributed by atoms with E-state index in [1.165, 1.54) is 7.11 Å². The van der Waals surface area contributed by atoms with Crippen molar-refractivity contribution in [2.45, 2.75) is 25.8 Å². The number of rotatable bonds is 7. The number of methoxy groups -OCH3 is 2. The van der Waals surface area contributed by atoms with Crippen LogP contribution in [0, 0.1) is 0 Å². The number of nitrogens with one attached hydrogen (secondary N) is 1. The molecule has 1 amide bonds. The van der Waals surface area contributed by atoms with E-state index in [2.05, 4.69) is 5.32 Å². The molecular weight excluding hydrogens is 246 g/mol. The quantitative estimate of drug-likeness (QED) is 0.787. The minimum Gasteiger partial charge on any atom is -0.497 e. The van der Waals surface area contributed by atoms with E-state index in [0.29, 0.717) is 23.5 Å². The molecule has 19 heavy (non-hydrogen) atoms. The number of aliphatic hydroxyl groups excluding tert-OH is 1. The van der Waals surface area contributed by atoms with Crippen molar-refractivity contribution < 1.29 is 19.4 Å². The molecule has 2 N–H and O–H groups in total. The lowest BCUT2D eigenvalue weighted by Crippen LogP contribution is -2.32. The first-order valence-corrected chi connectivity index (χ1v) is 6.26. The van der Waals surface area contributed by atoms with Gasteiger partial charge in [-0.2, -0.15) is 0 Å². The van der Waals surface area contributed by atoms with E-state index in [-0.39, 0.29) is 18.6 Å². The van der Waals surface area contributed by atoms with E-state index in [0.717, 1.165) is 6.42 Å². The molecule has 0 aliphatic heterocycles. The van der Waals surface area contributed by atoms with E-state index < -0.39 is 0 Å². The molecule has 1 atom stereocenters. The molecule has 0 saturated carbocycles. The molecule has 1 aromatic rings. The van der Waals surface area contributed by atoms with Gasteiger partial charge in [-0.1, -0.05) is 0 Å². The van der Waals surface area contributed by atoms with Crippen LogP contribution in [0.2, 0.25) is 0 Å². The molecule has 0 aromatic heterocycles. The first-order chi connectivity index (χ1) is 9.12. The largest absolute Gasteiger partial charge is 0.497 e. The summed E-state index contributed by atoms with van der Waals surface area (Å²) < 4.78 is 10.3. The minimum absolute atomic E-state index is 0.00411. The van der Waals surface area contributed by atoms with Crippen molar-refractivity contribution >= 4 is 5.91 Å².